The van der Waals surface area contributed by atoms with E-state index >= 15 is 0 Å². The molecule has 0 aliphatic carbocycles. The van der Waals surface area contributed by atoms with E-state index in [1.165, 1.54) is 17.5 Å². The number of rotatable bonds is 6. The van der Waals surface area contributed by atoms with E-state index in [0.29, 0.717) is 23.9 Å². The van der Waals surface area contributed by atoms with Gasteiger partial charge in [0.2, 0.25) is 0 Å². The molecule has 0 spiro atoms. The fourth-order valence-electron chi connectivity index (χ4n) is 2.49. The molecule has 6 heteroatoms. The second-order valence-electron chi connectivity index (χ2n) is 5.99. The maximum Gasteiger partial charge on any atom is 0.159 e. The summed E-state index contributed by atoms with van der Waals surface area (Å²) >= 11 is 0. The number of hydrogen-bond donors (Lipinski definition) is 3. The van der Waals surface area contributed by atoms with E-state index in [9.17, 15) is 0 Å². The highest BCUT2D eigenvalue weighted by atomic mass is 16.5. The number of ether oxygens (including phenoxy) is 1. The lowest BCUT2D eigenvalue weighted by molar-refractivity contribution is 0.340. The van der Waals surface area contributed by atoms with Crippen LogP contribution in [0.15, 0.2) is 48.8 Å². The molecule has 0 aliphatic rings. The van der Waals surface area contributed by atoms with E-state index in [1.54, 1.807) is 0 Å². The van der Waals surface area contributed by atoms with Crippen molar-refractivity contribution in [1.82, 2.24) is 9.97 Å². The summed E-state index contributed by atoms with van der Waals surface area (Å²) in [5, 5.41) is 6.47. The van der Waals surface area contributed by atoms with Gasteiger partial charge in [-0.15, -0.1) is 0 Å². The first-order valence-electron chi connectivity index (χ1n) is 8.51. The van der Waals surface area contributed by atoms with Gasteiger partial charge < -0.3 is 21.1 Å². The Balaban J connectivity index is 1.79. The molecule has 0 saturated heterocycles. The molecule has 0 atom stereocenters. The molecule has 0 aliphatic heterocycles. The van der Waals surface area contributed by atoms with Crippen molar-refractivity contribution in [2.75, 3.05) is 23.0 Å². The second kappa shape index (κ2) is 7.74. The summed E-state index contributed by atoms with van der Waals surface area (Å²) < 4.78 is 5.45. The molecule has 0 bridgehead atoms. The molecule has 0 amide bonds. The van der Waals surface area contributed by atoms with Gasteiger partial charge in [-0.3, -0.25) is 0 Å². The molecular weight excluding hydrogens is 326 g/mol. The van der Waals surface area contributed by atoms with Gasteiger partial charge in [0.25, 0.3) is 0 Å². The summed E-state index contributed by atoms with van der Waals surface area (Å²) in [6, 6.07) is 13.8. The maximum atomic E-state index is 6.25. The minimum atomic E-state index is 0.458. The Morgan fingerprint density at radius 3 is 2.12 bits per heavy atom. The Morgan fingerprint density at radius 1 is 0.885 bits per heavy atom. The van der Waals surface area contributed by atoms with Gasteiger partial charge in [0.05, 0.1) is 6.61 Å². The number of anilines is 5. The van der Waals surface area contributed by atoms with Gasteiger partial charge in [0.1, 0.15) is 17.8 Å². The van der Waals surface area contributed by atoms with Gasteiger partial charge in [0.15, 0.2) is 11.6 Å². The number of benzene rings is 2. The van der Waals surface area contributed by atoms with E-state index in [4.69, 9.17) is 10.5 Å². The third-order valence-corrected chi connectivity index (χ3v) is 4.08. The zero-order valence-corrected chi connectivity index (χ0v) is 15.2. The van der Waals surface area contributed by atoms with Crippen molar-refractivity contribution in [3.8, 4) is 5.75 Å². The van der Waals surface area contributed by atoms with Crippen molar-refractivity contribution in [2.24, 2.45) is 0 Å². The highest BCUT2D eigenvalue weighted by molar-refractivity contribution is 5.80. The van der Waals surface area contributed by atoms with Crippen LogP contribution in [-0.2, 0) is 0 Å². The number of hydrogen-bond acceptors (Lipinski definition) is 6. The van der Waals surface area contributed by atoms with Gasteiger partial charge in [-0.25, -0.2) is 9.97 Å². The second-order valence-corrected chi connectivity index (χ2v) is 5.99. The molecule has 0 saturated carbocycles. The van der Waals surface area contributed by atoms with Crippen molar-refractivity contribution in [3.05, 3.63) is 59.9 Å². The molecule has 0 radical (unpaired) electrons. The molecule has 1 heterocycles. The summed E-state index contributed by atoms with van der Waals surface area (Å²) in [6.07, 6.45) is 1.48. The Hall–Kier alpha value is -3.28. The fraction of sp³-hybridized carbons (Fsp3) is 0.200. The monoisotopic (exact) mass is 349 g/mol. The van der Waals surface area contributed by atoms with E-state index in [2.05, 4.69) is 46.6 Å². The minimum Gasteiger partial charge on any atom is -0.494 e. The molecule has 3 rings (SSSR count). The lowest BCUT2D eigenvalue weighted by Crippen LogP contribution is -2.05. The average Bonchev–Trinajstić information content (AvgIpc) is 2.63. The first-order valence-corrected chi connectivity index (χ1v) is 8.51. The van der Waals surface area contributed by atoms with Crippen LogP contribution in [0.1, 0.15) is 18.1 Å². The first kappa shape index (κ1) is 17.5. The lowest BCUT2D eigenvalue weighted by Gasteiger charge is -2.13. The number of nitrogens with zero attached hydrogens (tertiary/aromatic N) is 2. The van der Waals surface area contributed by atoms with E-state index in [-0.39, 0.29) is 0 Å². The Kier molecular flexibility index (Phi) is 5.22. The average molecular weight is 349 g/mol. The van der Waals surface area contributed by atoms with Crippen LogP contribution in [0.25, 0.3) is 0 Å². The van der Waals surface area contributed by atoms with Crippen LogP contribution in [0.5, 0.6) is 5.75 Å². The van der Waals surface area contributed by atoms with E-state index in [0.717, 1.165) is 17.1 Å². The summed E-state index contributed by atoms with van der Waals surface area (Å²) in [6.45, 7) is 6.75. The smallest absolute Gasteiger partial charge is 0.159 e. The maximum absolute atomic E-state index is 6.25. The molecule has 2 aromatic carbocycles. The lowest BCUT2D eigenvalue weighted by atomic mass is 10.1. The Labute approximate surface area is 153 Å². The summed E-state index contributed by atoms with van der Waals surface area (Å²) in [4.78, 5) is 8.51. The van der Waals surface area contributed by atoms with Crippen LogP contribution in [-0.4, -0.2) is 16.6 Å². The summed E-state index contributed by atoms with van der Waals surface area (Å²) in [7, 11) is 0. The standard InChI is InChI=1S/C20H23N5O/c1-4-26-17-9-7-15(8-10-17)24-19-18(21)20(23-12-22-19)25-16-6-5-13(2)14(3)11-16/h5-12H,4,21H2,1-3H3,(H2,22,23,24,25). The van der Waals surface area contributed by atoms with Crippen molar-refractivity contribution in [3.63, 3.8) is 0 Å². The normalized spacial score (nSPS) is 10.4. The van der Waals surface area contributed by atoms with Gasteiger partial charge >= 0.3 is 0 Å². The van der Waals surface area contributed by atoms with Crippen LogP contribution in [0.3, 0.4) is 0 Å². The van der Waals surface area contributed by atoms with Crippen molar-refractivity contribution >= 4 is 28.7 Å². The van der Waals surface area contributed by atoms with E-state index in [1.807, 2.05) is 37.3 Å². The molecule has 0 unspecified atom stereocenters. The van der Waals surface area contributed by atoms with Crippen LogP contribution in [0.2, 0.25) is 0 Å². The predicted octanol–water partition coefficient (Wildman–Crippen LogP) is 4.56. The van der Waals surface area contributed by atoms with Crippen LogP contribution in [0, 0.1) is 13.8 Å². The number of aromatic nitrogens is 2. The molecule has 6 nitrogen and oxygen atoms in total. The molecular formula is C20H23N5O. The minimum absolute atomic E-state index is 0.458. The van der Waals surface area contributed by atoms with Crippen molar-refractivity contribution in [1.29, 1.82) is 0 Å². The van der Waals surface area contributed by atoms with Gasteiger partial charge in [-0.05, 0) is 68.3 Å². The largest absolute Gasteiger partial charge is 0.494 e. The van der Waals surface area contributed by atoms with Crippen molar-refractivity contribution in [2.45, 2.75) is 20.8 Å². The number of nitrogens with one attached hydrogen (secondary N) is 2. The van der Waals surface area contributed by atoms with Crippen LogP contribution >= 0.6 is 0 Å². The predicted molar refractivity (Wildman–Crippen MR) is 107 cm³/mol. The molecule has 1 aromatic heterocycles. The molecule has 3 aromatic rings. The topological polar surface area (TPSA) is 85.1 Å². The number of nitrogens with two attached hydrogens (primary N) is 1. The summed E-state index contributed by atoms with van der Waals surface area (Å²) in [5.41, 5.74) is 11.0. The zero-order chi connectivity index (χ0) is 18.5. The number of nitrogen functional groups attached to an aromatic ring is 1. The number of aryl methyl sites for hydroxylation is 2. The highest BCUT2D eigenvalue weighted by Gasteiger charge is 2.09. The van der Waals surface area contributed by atoms with Gasteiger partial charge in [0, 0.05) is 11.4 Å². The van der Waals surface area contributed by atoms with Crippen molar-refractivity contribution < 1.29 is 4.74 Å². The SMILES string of the molecule is CCOc1ccc(Nc2ncnc(Nc3ccc(C)c(C)c3)c2N)cc1. The van der Waals surface area contributed by atoms with Crippen LogP contribution < -0.4 is 21.1 Å². The fourth-order valence-corrected chi connectivity index (χ4v) is 2.49. The zero-order valence-electron chi connectivity index (χ0n) is 15.2. The Morgan fingerprint density at radius 2 is 1.50 bits per heavy atom. The molecule has 26 heavy (non-hydrogen) atoms. The third kappa shape index (κ3) is 4.03. The van der Waals surface area contributed by atoms with Gasteiger partial charge in [-0.2, -0.15) is 0 Å². The first-order chi connectivity index (χ1) is 12.6. The third-order valence-electron chi connectivity index (χ3n) is 4.08. The Bertz CT molecular complexity index is 893. The molecule has 134 valence electrons. The summed E-state index contributed by atoms with van der Waals surface area (Å²) in [5.74, 6) is 1.94. The molecule has 4 N–H and O–H groups in total. The van der Waals surface area contributed by atoms with E-state index < -0.39 is 0 Å². The highest BCUT2D eigenvalue weighted by Crippen LogP contribution is 2.29. The molecule has 0 fully saturated rings. The van der Waals surface area contributed by atoms with Crippen LogP contribution in [0.4, 0.5) is 28.7 Å². The quantitative estimate of drug-likeness (QED) is 0.605. The van der Waals surface area contributed by atoms with Gasteiger partial charge in [-0.1, -0.05) is 6.07 Å².